The highest BCUT2D eigenvalue weighted by atomic mass is 16.2. The van der Waals surface area contributed by atoms with Crippen molar-refractivity contribution < 1.29 is 19.2 Å². The van der Waals surface area contributed by atoms with Gasteiger partial charge >= 0.3 is 17.8 Å². The highest BCUT2D eigenvalue weighted by molar-refractivity contribution is 6.45. The molecule has 1 heterocycles. The minimum atomic E-state index is -0.953. The van der Waals surface area contributed by atoms with E-state index in [0.717, 1.165) is 10.5 Å². The number of urea groups is 1. The number of carbonyl (C=O) groups excluding carboxylic acids is 4. The van der Waals surface area contributed by atoms with Gasteiger partial charge < -0.3 is 4.90 Å². The van der Waals surface area contributed by atoms with Crippen molar-refractivity contribution in [1.82, 2.24) is 14.7 Å². The quantitative estimate of drug-likeness (QED) is 0.600. The average Bonchev–Trinajstić information content (AvgIpc) is 2.77. The lowest BCUT2D eigenvalue weighted by atomic mass is 10.1. The van der Waals surface area contributed by atoms with Crippen LogP contribution < -0.4 is 0 Å². The molecule has 1 atom stereocenters. The zero-order valence-electron chi connectivity index (χ0n) is 13.4. The molecule has 23 heavy (non-hydrogen) atoms. The van der Waals surface area contributed by atoms with Crippen molar-refractivity contribution in [3.8, 4) is 0 Å². The van der Waals surface area contributed by atoms with Gasteiger partial charge in [0.25, 0.3) is 0 Å². The summed E-state index contributed by atoms with van der Waals surface area (Å²) in [6.07, 6.45) is 0. The smallest absolute Gasteiger partial charge is 0.334 e. The van der Waals surface area contributed by atoms with Crippen LogP contribution in [-0.4, -0.2) is 58.6 Å². The van der Waals surface area contributed by atoms with Gasteiger partial charge in [0.05, 0.1) is 6.04 Å². The number of hydrogen-bond donors (Lipinski definition) is 0. The Morgan fingerprint density at radius 3 is 2.17 bits per heavy atom. The first-order chi connectivity index (χ1) is 10.9. The maximum absolute atomic E-state index is 12.4. The second-order valence-electron chi connectivity index (χ2n) is 5.31. The van der Waals surface area contributed by atoms with Gasteiger partial charge in [0, 0.05) is 13.6 Å². The Bertz CT molecular complexity index is 644. The molecule has 5 amide bonds. The molecule has 0 N–H and O–H groups in total. The van der Waals surface area contributed by atoms with E-state index in [0.29, 0.717) is 4.90 Å². The fourth-order valence-electron chi connectivity index (χ4n) is 2.39. The van der Waals surface area contributed by atoms with E-state index < -0.39 is 30.3 Å². The predicted molar refractivity (Wildman–Crippen MR) is 82.1 cm³/mol. The monoisotopic (exact) mass is 317 g/mol. The maximum atomic E-state index is 12.4. The van der Waals surface area contributed by atoms with E-state index in [-0.39, 0.29) is 12.6 Å². The van der Waals surface area contributed by atoms with Crippen LogP contribution in [0, 0.1) is 0 Å². The summed E-state index contributed by atoms with van der Waals surface area (Å²) in [6, 6.07) is 8.45. The van der Waals surface area contributed by atoms with E-state index in [1.807, 2.05) is 37.3 Å². The van der Waals surface area contributed by atoms with E-state index in [4.69, 9.17) is 0 Å². The Labute approximate surface area is 134 Å². The van der Waals surface area contributed by atoms with Gasteiger partial charge in [0.1, 0.15) is 6.54 Å². The zero-order valence-corrected chi connectivity index (χ0v) is 13.4. The van der Waals surface area contributed by atoms with Crippen LogP contribution in [0.4, 0.5) is 4.79 Å². The third-order valence-electron chi connectivity index (χ3n) is 4.00. The first kappa shape index (κ1) is 16.7. The highest BCUT2D eigenvalue weighted by Gasteiger charge is 2.44. The average molecular weight is 317 g/mol. The van der Waals surface area contributed by atoms with Crippen LogP contribution in [0.2, 0.25) is 0 Å². The highest BCUT2D eigenvalue weighted by Crippen LogP contribution is 2.19. The molecule has 0 aromatic heterocycles. The van der Waals surface area contributed by atoms with Crippen molar-refractivity contribution >= 4 is 23.8 Å². The van der Waals surface area contributed by atoms with E-state index in [2.05, 4.69) is 0 Å². The van der Waals surface area contributed by atoms with Crippen molar-refractivity contribution in [2.45, 2.75) is 19.9 Å². The number of carbonyl (C=O) groups is 4. The summed E-state index contributed by atoms with van der Waals surface area (Å²) in [5.41, 5.74) is 0.939. The number of imide groups is 2. The second kappa shape index (κ2) is 6.60. The van der Waals surface area contributed by atoms with E-state index in [1.165, 1.54) is 4.90 Å². The molecule has 1 saturated heterocycles. The van der Waals surface area contributed by atoms with Gasteiger partial charge in [0.15, 0.2) is 0 Å². The van der Waals surface area contributed by atoms with Crippen LogP contribution in [0.5, 0.6) is 0 Å². The van der Waals surface area contributed by atoms with E-state index in [9.17, 15) is 19.2 Å². The SMILES string of the molecule is CCN1C(=O)C(=O)N(CC(=O)N(C)[C@H](C)c2ccccc2)C1=O. The molecule has 0 aliphatic carbocycles. The summed E-state index contributed by atoms with van der Waals surface area (Å²) >= 11 is 0. The summed E-state index contributed by atoms with van der Waals surface area (Å²) in [5.74, 6) is -2.25. The van der Waals surface area contributed by atoms with E-state index in [1.54, 1.807) is 14.0 Å². The van der Waals surface area contributed by atoms with Gasteiger partial charge in [-0.3, -0.25) is 19.3 Å². The molecule has 0 unspecified atom stereocenters. The molecule has 0 saturated carbocycles. The molecule has 1 fully saturated rings. The Kier molecular flexibility index (Phi) is 4.78. The van der Waals surface area contributed by atoms with Crippen molar-refractivity contribution in [3.05, 3.63) is 35.9 Å². The fourth-order valence-corrected chi connectivity index (χ4v) is 2.39. The standard InChI is InChI=1S/C16H19N3O4/c1-4-18-14(21)15(22)19(16(18)23)10-13(20)17(3)11(2)12-8-6-5-7-9-12/h5-9,11H,4,10H2,1-3H3/t11-/m1/s1. The molecule has 122 valence electrons. The molecular formula is C16H19N3O4. The lowest BCUT2D eigenvalue weighted by Gasteiger charge is -2.26. The van der Waals surface area contributed by atoms with E-state index >= 15 is 0 Å². The van der Waals surface area contributed by atoms with Crippen LogP contribution in [0.3, 0.4) is 0 Å². The first-order valence-corrected chi connectivity index (χ1v) is 7.36. The molecule has 1 aromatic rings. The van der Waals surface area contributed by atoms with Crippen LogP contribution in [0.1, 0.15) is 25.5 Å². The number of nitrogens with zero attached hydrogens (tertiary/aromatic N) is 3. The predicted octanol–water partition coefficient (Wildman–Crippen LogP) is 1.02. The lowest BCUT2D eigenvalue weighted by molar-refractivity contribution is -0.145. The first-order valence-electron chi connectivity index (χ1n) is 7.36. The normalized spacial score (nSPS) is 16.0. The molecule has 0 bridgehead atoms. The van der Waals surface area contributed by atoms with Crippen molar-refractivity contribution in [1.29, 1.82) is 0 Å². The zero-order chi connectivity index (χ0) is 17.1. The van der Waals surface area contributed by atoms with Crippen LogP contribution >= 0.6 is 0 Å². The Balaban J connectivity index is 2.08. The summed E-state index contributed by atoms with van der Waals surface area (Å²) in [6.45, 7) is 3.11. The molecule has 2 rings (SSSR count). The maximum Gasteiger partial charge on any atom is 0.334 e. The largest absolute Gasteiger partial charge is 0.337 e. The molecule has 7 heteroatoms. The Morgan fingerprint density at radius 2 is 1.65 bits per heavy atom. The molecule has 1 aliphatic rings. The molecule has 1 aliphatic heterocycles. The molecule has 0 spiro atoms. The number of rotatable bonds is 5. The van der Waals surface area contributed by atoms with Crippen molar-refractivity contribution in [2.24, 2.45) is 0 Å². The third-order valence-corrected chi connectivity index (χ3v) is 4.00. The van der Waals surface area contributed by atoms with Gasteiger partial charge in [-0.2, -0.15) is 0 Å². The summed E-state index contributed by atoms with van der Waals surface area (Å²) < 4.78 is 0. The second-order valence-corrected chi connectivity index (χ2v) is 5.31. The van der Waals surface area contributed by atoms with Crippen molar-refractivity contribution in [3.63, 3.8) is 0 Å². The molecular weight excluding hydrogens is 298 g/mol. The summed E-state index contributed by atoms with van der Waals surface area (Å²) in [7, 11) is 1.60. The topological polar surface area (TPSA) is 78.0 Å². The number of likely N-dealkylation sites (N-methyl/N-ethyl adjacent to an activating group) is 2. The Hall–Kier alpha value is -2.70. The minimum Gasteiger partial charge on any atom is -0.337 e. The summed E-state index contributed by atoms with van der Waals surface area (Å²) in [4.78, 5) is 50.8. The van der Waals surface area contributed by atoms with Gasteiger partial charge in [-0.1, -0.05) is 30.3 Å². The number of hydrogen-bond acceptors (Lipinski definition) is 4. The molecule has 7 nitrogen and oxygen atoms in total. The molecule has 0 radical (unpaired) electrons. The van der Waals surface area contributed by atoms with Crippen LogP contribution in [0.25, 0.3) is 0 Å². The van der Waals surface area contributed by atoms with Crippen LogP contribution in [-0.2, 0) is 14.4 Å². The minimum absolute atomic E-state index is 0.102. The van der Waals surface area contributed by atoms with Crippen LogP contribution in [0.15, 0.2) is 30.3 Å². The van der Waals surface area contributed by atoms with Gasteiger partial charge in [-0.05, 0) is 19.4 Å². The van der Waals surface area contributed by atoms with Gasteiger partial charge in [0.2, 0.25) is 5.91 Å². The van der Waals surface area contributed by atoms with Crippen molar-refractivity contribution in [2.75, 3.05) is 20.1 Å². The number of amides is 5. The third kappa shape index (κ3) is 3.08. The van der Waals surface area contributed by atoms with Gasteiger partial charge in [-0.15, -0.1) is 0 Å². The Morgan fingerprint density at radius 1 is 1.09 bits per heavy atom. The molecule has 1 aromatic carbocycles. The fraction of sp³-hybridized carbons (Fsp3) is 0.375. The summed E-state index contributed by atoms with van der Waals surface area (Å²) in [5, 5.41) is 0. The van der Waals surface area contributed by atoms with Gasteiger partial charge in [-0.25, -0.2) is 9.69 Å². The lowest BCUT2D eigenvalue weighted by Crippen LogP contribution is -2.42. The number of benzene rings is 1.